The third-order valence-corrected chi connectivity index (χ3v) is 6.07. The van der Waals surface area contributed by atoms with Crippen LogP contribution in [0.3, 0.4) is 0 Å². The van der Waals surface area contributed by atoms with E-state index in [-0.39, 0.29) is 21.5 Å². The Kier molecular flexibility index (Phi) is 6.53. The van der Waals surface area contributed by atoms with Crippen LogP contribution in [0.15, 0.2) is 20.0 Å². The second-order valence-electron chi connectivity index (χ2n) is 4.80. The second-order valence-corrected chi connectivity index (χ2v) is 7.65. The molecule has 1 aromatic rings. The number of nitrogens with zero attached hydrogens (tertiary/aromatic N) is 2. The van der Waals surface area contributed by atoms with E-state index >= 15 is 0 Å². The summed E-state index contributed by atoms with van der Waals surface area (Å²) in [5.74, 6) is 0.557. The van der Waals surface area contributed by atoms with Gasteiger partial charge in [0.05, 0.1) is 5.88 Å². The molecule has 0 aliphatic carbocycles. The van der Waals surface area contributed by atoms with Crippen LogP contribution in [0.5, 0.6) is 0 Å². The molecular weight excluding hydrogens is 368 g/mol. The number of likely N-dealkylation sites (N-methyl/N-ethyl adjacent to an activating group) is 2. The second kappa shape index (κ2) is 7.26. The highest BCUT2D eigenvalue weighted by molar-refractivity contribution is 9.10. The van der Waals surface area contributed by atoms with Crippen LogP contribution < -0.4 is 0 Å². The summed E-state index contributed by atoms with van der Waals surface area (Å²) < 4.78 is 32.4. The molecule has 0 aliphatic heterocycles. The van der Waals surface area contributed by atoms with Crippen LogP contribution in [-0.4, -0.2) is 50.8 Å². The molecular formula is C12H20BrClN2O3S. The molecule has 116 valence electrons. The molecule has 0 aliphatic rings. The van der Waals surface area contributed by atoms with Gasteiger partial charge in [-0.05, 0) is 36.9 Å². The maximum Gasteiger partial charge on any atom is 0.247 e. The van der Waals surface area contributed by atoms with Crippen molar-refractivity contribution in [2.24, 2.45) is 0 Å². The largest absolute Gasteiger partial charge is 0.452 e. The van der Waals surface area contributed by atoms with Gasteiger partial charge in [-0.3, -0.25) is 0 Å². The van der Waals surface area contributed by atoms with E-state index in [0.29, 0.717) is 18.8 Å². The van der Waals surface area contributed by atoms with Crippen molar-refractivity contribution < 1.29 is 12.8 Å². The van der Waals surface area contributed by atoms with Gasteiger partial charge < -0.3 is 9.32 Å². The van der Waals surface area contributed by atoms with Gasteiger partial charge in [-0.2, -0.15) is 4.31 Å². The third-order valence-electron chi connectivity index (χ3n) is 2.86. The van der Waals surface area contributed by atoms with Gasteiger partial charge in [0.25, 0.3) is 0 Å². The summed E-state index contributed by atoms with van der Waals surface area (Å²) >= 11 is 8.83. The van der Waals surface area contributed by atoms with Gasteiger partial charge >= 0.3 is 0 Å². The van der Waals surface area contributed by atoms with Crippen molar-refractivity contribution in [3.05, 3.63) is 16.5 Å². The minimum atomic E-state index is -3.61. The van der Waals surface area contributed by atoms with Crippen molar-refractivity contribution in [2.75, 3.05) is 27.2 Å². The van der Waals surface area contributed by atoms with Gasteiger partial charge in [0.15, 0.2) is 4.67 Å². The quantitative estimate of drug-likeness (QED) is 0.675. The molecule has 0 N–H and O–H groups in total. The molecule has 0 spiro atoms. The Morgan fingerprint density at radius 3 is 2.45 bits per heavy atom. The summed E-state index contributed by atoms with van der Waals surface area (Å²) in [5.41, 5.74) is 0. The fourth-order valence-electron chi connectivity index (χ4n) is 2.10. The van der Waals surface area contributed by atoms with E-state index in [1.54, 1.807) is 0 Å². The van der Waals surface area contributed by atoms with Crippen LogP contribution in [-0.2, 0) is 15.9 Å². The molecule has 20 heavy (non-hydrogen) atoms. The number of alkyl halides is 1. The predicted octanol–water partition coefficient (Wildman–Crippen LogP) is 2.74. The van der Waals surface area contributed by atoms with Crippen molar-refractivity contribution >= 4 is 37.6 Å². The molecule has 1 heterocycles. The Balaban J connectivity index is 3.14. The van der Waals surface area contributed by atoms with E-state index in [1.165, 1.54) is 10.4 Å². The van der Waals surface area contributed by atoms with Crippen molar-refractivity contribution in [3.63, 3.8) is 0 Å². The van der Waals surface area contributed by atoms with Crippen molar-refractivity contribution in [1.82, 2.24) is 9.21 Å². The van der Waals surface area contributed by atoms with E-state index in [2.05, 4.69) is 15.9 Å². The Morgan fingerprint density at radius 1 is 1.45 bits per heavy atom. The Bertz CT molecular complexity index is 545. The van der Waals surface area contributed by atoms with Crippen LogP contribution in [0, 0.1) is 0 Å². The zero-order valence-electron chi connectivity index (χ0n) is 12.1. The lowest BCUT2D eigenvalue weighted by molar-refractivity contribution is 0.271. The van der Waals surface area contributed by atoms with Crippen molar-refractivity contribution in [1.29, 1.82) is 0 Å². The summed E-state index contributed by atoms with van der Waals surface area (Å²) in [6, 6.07) is 1.33. The van der Waals surface area contributed by atoms with Crippen LogP contribution in [0.2, 0.25) is 0 Å². The number of furan rings is 1. The molecule has 5 nitrogen and oxygen atoms in total. The molecule has 0 saturated heterocycles. The first-order valence-corrected chi connectivity index (χ1v) is 9.01. The van der Waals surface area contributed by atoms with Crippen LogP contribution in [0.25, 0.3) is 0 Å². The summed E-state index contributed by atoms with van der Waals surface area (Å²) in [5, 5.41) is 0. The zero-order valence-corrected chi connectivity index (χ0v) is 15.2. The standard InChI is InChI=1S/C12H20BrClN2O3S/c1-5-16(9(2)8-15(3)4)20(17,18)11-6-10(7-14)19-12(11)13/h6,9H,5,7-8H2,1-4H3. The first-order valence-electron chi connectivity index (χ1n) is 6.24. The smallest absolute Gasteiger partial charge is 0.247 e. The van der Waals surface area contributed by atoms with Crippen LogP contribution in [0.4, 0.5) is 0 Å². The average molecular weight is 388 g/mol. The molecule has 1 atom stereocenters. The molecule has 0 aromatic carbocycles. The van der Waals surface area contributed by atoms with Gasteiger partial charge in [-0.15, -0.1) is 11.6 Å². The molecule has 8 heteroatoms. The van der Waals surface area contributed by atoms with E-state index in [9.17, 15) is 8.42 Å². The van der Waals surface area contributed by atoms with Gasteiger partial charge in [-0.25, -0.2) is 8.42 Å². The first kappa shape index (κ1) is 18.0. The summed E-state index contributed by atoms with van der Waals surface area (Å²) in [4.78, 5) is 2.08. The minimum absolute atomic E-state index is 0.126. The normalized spacial score (nSPS) is 14.2. The number of hydrogen-bond acceptors (Lipinski definition) is 4. The number of sulfonamides is 1. The Labute approximate surface area is 134 Å². The highest BCUT2D eigenvalue weighted by Gasteiger charge is 2.31. The average Bonchev–Trinajstić information content (AvgIpc) is 2.70. The molecule has 0 fully saturated rings. The maximum atomic E-state index is 12.7. The fraction of sp³-hybridized carbons (Fsp3) is 0.667. The third kappa shape index (κ3) is 3.98. The predicted molar refractivity (Wildman–Crippen MR) is 83.5 cm³/mol. The highest BCUT2D eigenvalue weighted by Crippen LogP contribution is 2.30. The lowest BCUT2D eigenvalue weighted by atomic mass is 10.3. The minimum Gasteiger partial charge on any atom is -0.452 e. The molecule has 0 radical (unpaired) electrons. The lowest BCUT2D eigenvalue weighted by Crippen LogP contribution is -2.43. The monoisotopic (exact) mass is 386 g/mol. The fourth-order valence-corrected chi connectivity index (χ4v) is 4.83. The summed E-state index contributed by atoms with van der Waals surface area (Å²) in [6.45, 7) is 4.74. The number of hydrogen-bond donors (Lipinski definition) is 0. The Morgan fingerprint density at radius 2 is 2.05 bits per heavy atom. The molecule has 0 saturated carbocycles. The van der Waals surface area contributed by atoms with E-state index in [0.717, 1.165) is 0 Å². The summed E-state index contributed by atoms with van der Waals surface area (Å²) in [6.07, 6.45) is 0. The van der Waals surface area contributed by atoms with Gasteiger partial charge in [0.1, 0.15) is 10.7 Å². The molecule has 0 bridgehead atoms. The van der Waals surface area contributed by atoms with Gasteiger partial charge in [0.2, 0.25) is 10.0 Å². The maximum absolute atomic E-state index is 12.7. The molecule has 0 amide bonds. The highest BCUT2D eigenvalue weighted by atomic mass is 79.9. The van der Waals surface area contributed by atoms with E-state index in [4.69, 9.17) is 16.0 Å². The summed E-state index contributed by atoms with van der Waals surface area (Å²) in [7, 11) is 0.218. The molecule has 1 rings (SSSR count). The molecule has 1 aromatic heterocycles. The van der Waals surface area contributed by atoms with E-state index < -0.39 is 10.0 Å². The van der Waals surface area contributed by atoms with Crippen molar-refractivity contribution in [2.45, 2.75) is 30.7 Å². The van der Waals surface area contributed by atoms with Crippen LogP contribution in [0.1, 0.15) is 19.6 Å². The van der Waals surface area contributed by atoms with Gasteiger partial charge in [0, 0.05) is 25.2 Å². The Hall–Kier alpha value is -0.0800. The van der Waals surface area contributed by atoms with Crippen LogP contribution >= 0.6 is 27.5 Å². The molecule has 1 unspecified atom stereocenters. The lowest BCUT2D eigenvalue weighted by Gasteiger charge is -2.28. The van der Waals surface area contributed by atoms with E-state index in [1.807, 2.05) is 32.8 Å². The number of halogens is 2. The SMILES string of the molecule is CCN(C(C)CN(C)C)S(=O)(=O)c1cc(CCl)oc1Br. The first-order chi connectivity index (χ1) is 9.23. The zero-order chi connectivity index (χ0) is 15.5. The van der Waals surface area contributed by atoms with Crippen molar-refractivity contribution in [3.8, 4) is 0 Å². The number of rotatable bonds is 7. The topological polar surface area (TPSA) is 53.8 Å². The van der Waals surface area contributed by atoms with Gasteiger partial charge in [-0.1, -0.05) is 6.92 Å².